The van der Waals surface area contributed by atoms with Gasteiger partial charge in [0.2, 0.25) is 0 Å². The zero-order valence-electron chi connectivity index (χ0n) is 8.56. The van der Waals surface area contributed by atoms with Gasteiger partial charge in [0.25, 0.3) is 0 Å². The third-order valence-corrected chi connectivity index (χ3v) is 2.64. The SMILES string of the molecule is FC[C@H]1CNCCN1Cc1cccnn1. The molecule has 1 aliphatic heterocycles. The first-order valence-corrected chi connectivity index (χ1v) is 5.17. The smallest absolute Gasteiger partial charge is 0.106 e. The lowest BCUT2D eigenvalue weighted by Gasteiger charge is -2.34. The van der Waals surface area contributed by atoms with Crippen molar-refractivity contribution in [3.63, 3.8) is 0 Å². The molecule has 0 radical (unpaired) electrons. The normalized spacial score (nSPS) is 22.9. The van der Waals surface area contributed by atoms with Crippen LogP contribution in [0.4, 0.5) is 4.39 Å². The van der Waals surface area contributed by atoms with Gasteiger partial charge in [-0.05, 0) is 12.1 Å². The Morgan fingerprint density at radius 1 is 1.60 bits per heavy atom. The molecule has 0 amide bonds. The number of halogens is 1. The van der Waals surface area contributed by atoms with Crippen LogP contribution in [0.2, 0.25) is 0 Å². The van der Waals surface area contributed by atoms with Crippen LogP contribution < -0.4 is 5.32 Å². The lowest BCUT2D eigenvalue weighted by molar-refractivity contribution is 0.126. The summed E-state index contributed by atoms with van der Waals surface area (Å²) in [7, 11) is 0. The zero-order valence-corrected chi connectivity index (χ0v) is 8.56. The highest BCUT2D eigenvalue weighted by atomic mass is 19.1. The average molecular weight is 210 g/mol. The molecule has 1 atom stereocenters. The van der Waals surface area contributed by atoms with Crippen LogP contribution in [-0.4, -0.2) is 47.4 Å². The zero-order chi connectivity index (χ0) is 10.5. The van der Waals surface area contributed by atoms with Gasteiger partial charge in [0.1, 0.15) is 6.67 Å². The molecular formula is C10H15FN4. The van der Waals surface area contributed by atoms with E-state index in [0.29, 0.717) is 6.54 Å². The van der Waals surface area contributed by atoms with Crippen LogP contribution in [0.3, 0.4) is 0 Å². The van der Waals surface area contributed by atoms with E-state index in [4.69, 9.17) is 0 Å². The van der Waals surface area contributed by atoms with Crippen LogP contribution in [0.15, 0.2) is 18.3 Å². The molecule has 0 bridgehead atoms. The minimum absolute atomic E-state index is 0.0271. The third-order valence-electron chi connectivity index (χ3n) is 2.64. The number of aromatic nitrogens is 2. The molecule has 0 unspecified atom stereocenters. The van der Waals surface area contributed by atoms with E-state index in [-0.39, 0.29) is 12.7 Å². The van der Waals surface area contributed by atoms with Crippen molar-refractivity contribution in [1.29, 1.82) is 0 Å². The van der Waals surface area contributed by atoms with E-state index in [2.05, 4.69) is 20.4 Å². The number of nitrogens with one attached hydrogen (secondary N) is 1. The van der Waals surface area contributed by atoms with Crippen molar-refractivity contribution in [2.75, 3.05) is 26.3 Å². The van der Waals surface area contributed by atoms with Crippen molar-refractivity contribution >= 4 is 0 Å². The second-order valence-electron chi connectivity index (χ2n) is 3.70. The molecule has 1 aromatic rings. The molecule has 1 aromatic heterocycles. The van der Waals surface area contributed by atoms with Gasteiger partial charge in [-0.1, -0.05) is 0 Å². The maximum atomic E-state index is 12.7. The summed E-state index contributed by atoms with van der Waals surface area (Å²) in [5, 5.41) is 11.0. The Morgan fingerprint density at radius 2 is 2.53 bits per heavy atom. The van der Waals surface area contributed by atoms with Gasteiger partial charge in [0.05, 0.1) is 11.7 Å². The molecule has 2 heterocycles. The molecule has 82 valence electrons. The lowest BCUT2D eigenvalue weighted by Crippen LogP contribution is -2.51. The molecule has 1 saturated heterocycles. The van der Waals surface area contributed by atoms with Gasteiger partial charge in [0.15, 0.2) is 0 Å². The van der Waals surface area contributed by atoms with Crippen molar-refractivity contribution < 1.29 is 4.39 Å². The van der Waals surface area contributed by atoms with Crippen LogP contribution in [0.25, 0.3) is 0 Å². The molecule has 0 spiro atoms. The summed E-state index contributed by atoms with van der Waals surface area (Å²) >= 11 is 0. The van der Waals surface area contributed by atoms with E-state index in [9.17, 15) is 4.39 Å². The summed E-state index contributed by atoms with van der Waals surface area (Å²) in [4.78, 5) is 2.11. The van der Waals surface area contributed by atoms with Gasteiger partial charge < -0.3 is 5.32 Å². The molecule has 2 rings (SSSR count). The van der Waals surface area contributed by atoms with E-state index in [1.165, 1.54) is 0 Å². The van der Waals surface area contributed by atoms with Crippen LogP contribution in [0.5, 0.6) is 0 Å². The predicted octanol–water partition coefficient (Wildman–Crippen LogP) is 0.220. The molecule has 1 fully saturated rings. The highest BCUT2D eigenvalue weighted by Gasteiger charge is 2.22. The van der Waals surface area contributed by atoms with Crippen molar-refractivity contribution in [2.45, 2.75) is 12.6 Å². The van der Waals surface area contributed by atoms with Crippen LogP contribution in [0.1, 0.15) is 5.69 Å². The third kappa shape index (κ3) is 2.70. The van der Waals surface area contributed by atoms with Crippen molar-refractivity contribution in [3.8, 4) is 0 Å². The highest BCUT2D eigenvalue weighted by Crippen LogP contribution is 2.08. The summed E-state index contributed by atoms with van der Waals surface area (Å²) in [6.45, 7) is 2.87. The largest absolute Gasteiger partial charge is 0.314 e. The van der Waals surface area contributed by atoms with Crippen LogP contribution in [-0.2, 0) is 6.54 Å². The second-order valence-corrected chi connectivity index (χ2v) is 3.70. The first-order valence-electron chi connectivity index (χ1n) is 5.17. The fourth-order valence-corrected chi connectivity index (χ4v) is 1.79. The second kappa shape index (κ2) is 5.14. The summed E-state index contributed by atoms with van der Waals surface area (Å²) in [6.07, 6.45) is 1.65. The van der Waals surface area contributed by atoms with Gasteiger partial charge in [-0.25, -0.2) is 4.39 Å². The molecule has 0 aromatic carbocycles. The Kier molecular flexibility index (Phi) is 3.58. The standard InChI is InChI=1S/C10H15FN4/c11-6-10-7-12-4-5-15(10)8-9-2-1-3-13-14-9/h1-3,10,12H,4-8H2/t10-/m0/s1. The maximum absolute atomic E-state index is 12.7. The molecule has 15 heavy (non-hydrogen) atoms. The van der Waals surface area contributed by atoms with E-state index >= 15 is 0 Å². The Balaban J connectivity index is 1.97. The number of nitrogens with zero attached hydrogens (tertiary/aromatic N) is 3. The van der Waals surface area contributed by atoms with Gasteiger partial charge in [-0.3, -0.25) is 4.90 Å². The molecular weight excluding hydrogens is 195 g/mol. The Bertz CT molecular complexity index is 293. The van der Waals surface area contributed by atoms with E-state index < -0.39 is 0 Å². The van der Waals surface area contributed by atoms with Gasteiger partial charge in [0, 0.05) is 32.4 Å². The number of alkyl halides is 1. The minimum atomic E-state index is -0.312. The van der Waals surface area contributed by atoms with Crippen molar-refractivity contribution in [1.82, 2.24) is 20.4 Å². The Morgan fingerprint density at radius 3 is 3.27 bits per heavy atom. The Hall–Kier alpha value is -1.07. The molecule has 4 nitrogen and oxygen atoms in total. The lowest BCUT2D eigenvalue weighted by atomic mass is 10.2. The van der Waals surface area contributed by atoms with Crippen molar-refractivity contribution in [2.24, 2.45) is 0 Å². The molecule has 1 N–H and O–H groups in total. The van der Waals surface area contributed by atoms with Crippen LogP contribution in [0, 0.1) is 0 Å². The van der Waals surface area contributed by atoms with Gasteiger partial charge in [-0.15, -0.1) is 0 Å². The fourth-order valence-electron chi connectivity index (χ4n) is 1.79. The fraction of sp³-hybridized carbons (Fsp3) is 0.600. The first kappa shape index (κ1) is 10.4. The summed E-state index contributed by atoms with van der Waals surface area (Å²) in [5.41, 5.74) is 0.901. The van der Waals surface area contributed by atoms with E-state index in [1.807, 2.05) is 12.1 Å². The average Bonchev–Trinajstić information content (AvgIpc) is 2.31. The summed E-state index contributed by atoms with van der Waals surface area (Å²) in [5.74, 6) is 0. The number of hydrogen-bond donors (Lipinski definition) is 1. The van der Waals surface area contributed by atoms with E-state index in [0.717, 1.165) is 25.3 Å². The molecule has 5 heteroatoms. The van der Waals surface area contributed by atoms with Gasteiger partial charge in [-0.2, -0.15) is 10.2 Å². The van der Waals surface area contributed by atoms with E-state index in [1.54, 1.807) is 6.20 Å². The topological polar surface area (TPSA) is 41.0 Å². The number of hydrogen-bond acceptors (Lipinski definition) is 4. The summed E-state index contributed by atoms with van der Waals surface area (Å²) < 4.78 is 12.7. The monoisotopic (exact) mass is 210 g/mol. The Labute approximate surface area is 88.5 Å². The van der Waals surface area contributed by atoms with Crippen molar-refractivity contribution in [3.05, 3.63) is 24.0 Å². The predicted molar refractivity (Wildman–Crippen MR) is 55.1 cm³/mol. The maximum Gasteiger partial charge on any atom is 0.106 e. The number of rotatable bonds is 3. The molecule has 1 aliphatic rings. The highest BCUT2D eigenvalue weighted by molar-refractivity contribution is 5.00. The molecule has 0 aliphatic carbocycles. The summed E-state index contributed by atoms with van der Waals surface area (Å²) in [6, 6.07) is 3.75. The van der Waals surface area contributed by atoms with Gasteiger partial charge >= 0.3 is 0 Å². The number of piperazine rings is 1. The van der Waals surface area contributed by atoms with Crippen LogP contribution >= 0.6 is 0 Å². The first-order chi connectivity index (χ1) is 7.40. The quantitative estimate of drug-likeness (QED) is 0.775. The minimum Gasteiger partial charge on any atom is -0.314 e. The molecule has 0 saturated carbocycles.